The maximum Gasteiger partial charge on any atom is 0.124 e. The van der Waals surface area contributed by atoms with Crippen LogP contribution in [0.5, 0.6) is 0 Å². The molecule has 0 N–H and O–H groups in total. The largest absolute Gasteiger partial charge is 0.305 e. The quantitative estimate of drug-likeness (QED) is 0.789. The van der Waals surface area contributed by atoms with E-state index in [2.05, 4.69) is 36.8 Å². The fourth-order valence-electron chi connectivity index (χ4n) is 0.974. The lowest BCUT2D eigenvalue weighted by Gasteiger charge is -2.00. The summed E-state index contributed by atoms with van der Waals surface area (Å²) in [6.45, 7) is 0. The summed E-state index contributed by atoms with van der Waals surface area (Å²) >= 11 is 6.48. The second-order valence-corrected chi connectivity index (χ2v) is 4.10. The summed E-state index contributed by atoms with van der Waals surface area (Å²) in [5.41, 5.74) is 0.748. The van der Waals surface area contributed by atoms with Crippen molar-refractivity contribution in [2.45, 2.75) is 0 Å². The first-order chi connectivity index (χ1) is 7.09. The van der Waals surface area contributed by atoms with Crippen molar-refractivity contribution in [1.82, 2.24) is 9.55 Å². The minimum Gasteiger partial charge on any atom is -0.305 e. The van der Waals surface area contributed by atoms with Crippen LogP contribution in [0.3, 0.4) is 0 Å². The van der Waals surface area contributed by atoms with Crippen molar-refractivity contribution in [1.29, 1.82) is 0 Å². The van der Waals surface area contributed by atoms with Gasteiger partial charge in [-0.3, -0.25) is 0 Å². The van der Waals surface area contributed by atoms with Crippen LogP contribution in [0.15, 0.2) is 45.8 Å². The summed E-state index contributed by atoms with van der Waals surface area (Å²) in [6, 6.07) is 7.41. The number of hydrogen-bond donors (Lipinski definition) is 0. The summed E-state index contributed by atoms with van der Waals surface area (Å²) in [4.78, 5) is 3.86. The van der Waals surface area contributed by atoms with Gasteiger partial charge >= 0.3 is 0 Å². The van der Waals surface area contributed by atoms with Crippen LogP contribution in [0.1, 0.15) is 2.74 Å². The Morgan fingerprint density at radius 3 is 2.85 bits per heavy atom. The Bertz CT molecular complexity index is 511. The van der Waals surface area contributed by atoms with Crippen molar-refractivity contribution in [3.05, 3.63) is 45.8 Å². The Kier molecular flexibility index (Phi) is 1.90. The SMILES string of the molecule is [2H]c1nc(Br)c([2H])n1-c1cccc(Br)c1. The molecule has 0 aliphatic rings. The molecule has 0 radical (unpaired) electrons. The minimum atomic E-state index is 0.0463. The van der Waals surface area contributed by atoms with Crippen LogP contribution in [0.25, 0.3) is 5.69 Å². The van der Waals surface area contributed by atoms with E-state index in [1.165, 1.54) is 4.57 Å². The topological polar surface area (TPSA) is 17.8 Å². The highest BCUT2D eigenvalue weighted by atomic mass is 79.9. The van der Waals surface area contributed by atoms with E-state index in [1.807, 2.05) is 24.3 Å². The molecule has 66 valence electrons. The molecule has 2 rings (SSSR count). The first-order valence-electron chi connectivity index (χ1n) is 4.57. The Labute approximate surface area is 95.7 Å². The number of benzene rings is 1. The monoisotopic (exact) mass is 302 g/mol. The predicted molar refractivity (Wildman–Crippen MR) is 59.0 cm³/mol. The van der Waals surface area contributed by atoms with Gasteiger partial charge in [-0.15, -0.1) is 0 Å². The zero-order valence-electron chi connectivity index (χ0n) is 8.46. The van der Waals surface area contributed by atoms with Gasteiger partial charge in [0.05, 0.1) is 1.37 Å². The lowest BCUT2D eigenvalue weighted by Crippen LogP contribution is -1.88. The van der Waals surface area contributed by atoms with Crippen LogP contribution in [-0.2, 0) is 0 Å². The van der Waals surface area contributed by atoms with Crippen molar-refractivity contribution in [2.24, 2.45) is 0 Å². The molecule has 1 aromatic heterocycles. The molecule has 0 bridgehead atoms. The molecule has 0 aliphatic heterocycles. The normalized spacial score (nSPS) is 12.5. The van der Waals surface area contributed by atoms with Crippen molar-refractivity contribution in [3.8, 4) is 5.69 Å². The molecule has 1 aromatic carbocycles. The average molecular weight is 304 g/mol. The van der Waals surface area contributed by atoms with Gasteiger partial charge in [0, 0.05) is 16.3 Å². The third-order valence-electron chi connectivity index (χ3n) is 1.52. The van der Waals surface area contributed by atoms with Gasteiger partial charge in [0.2, 0.25) is 0 Å². The van der Waals surface area contributed by atoms with Crippen LogP contribution in [0, 0.1) is 0 Å². The van der Waals surface area contributed by atoms with E-state index in [4.69, 9.17) is 2.74 Å². The number of halogens is 2. The molecule has 0 amide bonds. The summed E-state index contributed by atoms with van der Waals surface area (Å²) in [5, 5.41) is 0. The van der Waals surface area contributed by atoms with Gasteiger partial charge in [0.25, 0.3) is 0 Å². The molecule has 1 heterocycles. The second-order valence-electron chi connectivity index (χ2n) is 2.43. The van der Waals surface area contributed by atoms with E-state index in [0.717, 1.165) is 10.2 Å². The molecule has 0 spiro atoms. The Hall–Kier alpha value is -0.610. The zero-order chi connectivity index (χ0) is 11.0. The molecule has 13 heavy (non-hydrogen) atoms. The summed E-state index contributed by atoms with van der Waals surface area (Å²) in [6.07, 6.45) is 0.225. The number of aromatic nitrogens is 2. The fourth-order valence-corrected chi connectivity index (χ4v) is 1.62. The van der Waals surface area contributed by atoms with E-state index < -0.39 is 0 Å². The summed E-state index contributed by atoms with van der Waals surface area (Å²) in [5.74, 6) is 0. The highest BCUT2D eigenvalue weighted by molar-refractivity contribution is 9.10. The van der Waals surface area contributed by atoms with Crippen LogP contribution < -0.4 is 0 Å². The van der Waals surface area contributed by atoms with Gasteiger partial charge in [-0.25, -0.2) is 4.98 Å². The number of hydrogen-bond acceptors (Lipinski definition) is 1. The first kappa shape index (κ1) is 6.79. The predicted octanol–water partition coefficient (Wildman–Crippen LogP) is 3.40. The van der Waals surface area contributed by atoms with E-state index in [1.54, 1.807) is 0 Å². The van der Waals surface area contributed by atoms with Crippen molar-refractivity contribution in [3.63, 3.8) is 0 Å². The van der Waals surface area contributed by atoms with Crippen molar-refractivity contribution < 1.29 is 2.74 Å². The molecule has 2 aromatic rings. The van der Waals surface area contributed by atoms with Gasteiger partial charge < -0.3 is 4.57 Å². The fraction of sp³-hybridized carbons (Fsp3) is 0. The van der Waals surface area contributed by atoms with Gasteiger partial charge in [0.15, 0.2) is 0 Å². The summed E-state index contributed by atoms with van der Waals surface area (Å²) in [7, 11) is 0. The van der Waals surface area contributed by atoms with E-state index >= 15 is 0 Å². The van der Waals surface area contributed by atoms with Crippen LogP contribution >= 0.6 is 31.9 Å². The third kappa shape index (κ3) is 2.00. The Morgan fingerprint density at radius 2 is 2.23 bits per heavy atom. The van der Waals surface area contributed by atoms with Crippen molar-refractivity contribution in [2.75, 3.05) is 0 Å². The number of imidazole rings is 1. The van der Waals surface area contributed by atoms with Gasteiger partial charge in [0.1, 0.15) is 12.3 Å². The molecule has 0 saturated carbocycles. The minimum absolute atomic E-state index is 0.0463. The smallest absolute Gasteiger partial charge is 0.124 e. The average Bonchev–Trinajstić information content (AvgIpc) is 2.41. The highest BCUT2D eigenvalue weighted by Crippen LogP contribution is 2.16. The first-order valence-corrected chi connectivity index (χ1v) is 5.15. The van der Waals surface area contributed by atoms with E-state index in [0.29, 0.717) is 4.60 Å². The van der Waals surface area contributed by atoms with E-state index in [-0.39, 0.29) is 12.5 Å². The van der Waals surface area contributed by atoms with Crippen molar-refractivity contribution >= 4 is 31.9 Å². The van der Waals surface area contributed by atoms with Crippen LogP contribution in [-0.4, -0.2) is 9.55 Å². The van der Waals surface area contributed by atoms with Crippen LogP contribution in [0.2, 0.25) is 0 Å². The lowest BCUT2D eigenvalue weighted by atomic mass is 10.3. The maximum absolute atomic E-state index is 7.74. The molecular weight excluding hydrogens is 296 g/mol. The van der Waals surface area contributed by atoms with Gasteiger partial charge in [-0.2, -0.15) is 0 Å². The zero-order valence-corrected chi connectivity index (χ0v) is 9.63. The molecule has 0 unspecified atom stereocenters. The van der Waals surface area contributed by atoms with E-state index in [9.17, 15) is 0 Å². The number of rotatable bonds is 1. The number of nitrogens with zero attached hydrogens (tertiary/aromatic N) is 2. The van der Waals surface area contributed by atoms with Gasteiger partial charge in [-0.1, -0.05) is 22.0 Å². The molecule has 0 saturated heterocycles. The molecular formula is C9H6Br2N2. The second kappa shape index (κ2) is 3.64. The molecule has 4 heteroatoms. The Morgan fingerprint density at radius 1 is 1.38 bits per heavy atom. The molecule has 2 nitrogen and oxygen atoms in total. The summed E-state index contributed by atoms with van der Waals surface area (Å²) < 4.78 is 18.1. The lowest BCUT2D eigenvalue weighted by molar-refractivity contribution is 1.06. The molecule has 0 atom stereocenters. The standard InChI is InChI=1S/C9H6Br2N2/c10-7-2-1-3-8(4-7)13-5-9(11)12-6-13/h1-6H/i5D,6D. The highest BCUT2D eigenvalue weighted by Gasteiger charge is 1.97. The van der Waals surface area contributed by atoms with Gasteiger partial charge in [-0.05, 0) is 34.1 Å². The maximum atomic E-state index is 7.74. The molecule has 0 fully saturated rings. The molecule has 0 aliphatic carbocycles. The third-order valence-corrected chi connectivity index (χ3v) is 2.37. The van der Waals surface area contributed by atoms with Crippen LogP contribution in [0.4, 0.5) is 0 Å². The Balaban J connectivity index is 2.63.